The molecule has 0 aliphatic heterocycles. The average molecular weight is 270 g/mol. The molecule has 0 bridgehead atoms. The number of hydrogen-bond acceptors (Lipinski definition) is 2. The standard InChI is InChI=1S/C12H16BrNO/c13-10-7-4-8-11(12(10)14)15-9-5-2-1-3-6-9/h4,7-9H,1-3,5-6,14H2. The highest BCUT2D eigenvalue weighted by molar-refractivity contribution is 9.10. The Morgan fingerprint density at radius 1 is 1.20 bits per heavy atom. The highest BCUT2D eigenvalue weighted by Crippen LogP contribution is 2.32. The highest BCUT2D eigenvalue weighted by Gasteiger charge is 2.16. The Balaban J connectivity index is 2.06. The molecule has 1 aliphatic rings. The van der Waals surface area contributed by atoms with E-state index in [0.717, 1.165) is 23.1 Å². The molecule has 0 radical (unpaired) electrons. The molecule has 2 rings (SSSR count). The fourth-order valence-electron chi connectivity index (χ4n) is 1.98. The molecule has 2 N–H and O–H groups in total. The van der Waals surface area contributed by atoms with E-state index in [-0.39, 0.29) is 0 Å². The van der Waals surface area contributed by atoms with Crippen LogP contribution >= 0.6 is 15.9 Å². The number of hydrogen-bond donors (Lipinski definition) is 1. The van der Waals surface area contributed by atoms with Crippen LogP contribution in [0.5, 0.6) is 5.75 Å². The first kappa shape index (κ1) is 10.8. The maximum Gasteiger partial charge on any atom is 0.143 e. The van der Waals surface area contributed by atoms with Crippen molar-refractivity contribution in [1.82, 2.24) is 0 Å². The number of ether oxygens (including phenoxy) is 1. The summed E-state index contributed by atoms with van der Waals surface area (Å²) < 4.78 is 6.82. The molecule has 0 aromatic heterocycles. The monoisotopic (exact) mass is 269 g/mol. The Morgan fingerprint density at radius 3 is 2.67 bits per heavy atom. The molecule has 0 unspecified atom stereocenters. The second-order valence-electron chi connectivity index (χ2n) is 4.03. The third-order valence-corrected chi connectivity index (χ3v) is 3.55. The van der Waals surface area contributed by atoms with Crippen LogP contribution in [0.15, 0.2) is 22.7 Å². The lowest BCUT2D eigenvalue weighted by Crippen LogP contribution is -2.20. The van der Waals surface area contributed by atoms with Crippen LogP contribution in [-0.2, 0) is 0 Å². The second kappa shape index (κ2) is 4.88. The van der Waals surface area contributed by atoms with E-state index in [0.29, 0.717) is 11.8 Å². The van der Waals surface area contributed by atoms with Gasteiger partial charge in [0, 0.05) is 4.47 Å². The largest absolute Gasteiger partial charge is 0.488 e. The van der Waals surface area contributed by atoms with Crippen LogP contribution < -0.4 is 10.5 Å². The third-order valence-electron chi connectivity index (χ3n) is 2.86. The molecular weight excluding hydrogens is 254 g/mol. The van der Waals surface area contributed by atoms with Crippen molar-refractivity contribution in [1.29, 1.82) is 0 Å². The average Bonchev–Trinajstić information content (AvgIpc) is 2.26. The van der Waals surface area contributed by atoms with E-state index in [2.05, 4.69) is 15.9 Å². The van der Waals surface area contributed by atoms with Crippen LogP contribution in [0.1, 0.15) is 32.1 Å². The summed E-state index contributed by atoms with van der Waals surface area (Å²) in [5.74, 6) is 0.816. The zero-order valence-corrected chi connectivity index (χ0v) is 10.3. The van der Waals surface area contributed by atoms with Crippen LogP contribution in [0.4, 0.5) is 5.69 Å². The smallest absolute Gasteiger partial charge is 0.143 e. The first-order valence-corrected chi connectivity index (χ1v) is 6.27. The summed E-state index contributed by atoms with van der Waals surface area (Å²) in [6, 6.07) is 5.83. The number of para-hydroxylation sites is 1. The SMILES string of the molecule is Nc1c(Br)cccc1OC1CCCCC1. The van der Waals surface area contributed by atoms with E-state index in [9.17, 15) is 0 Å². The molecule has 1 aromatic carbocycles. The van der Waals surface area contributed by atoms with Crippen LogP contribution in [0.3, 0.4) is 0 Å². The summed E-state index contributed by atoms with van der Waals surface area (Å²) in [7, 11) is 0. The second-order valence-corrected chi connectivity index (χ2v) is 4.88. The van der Waals surface area contributed by atoms with Gasteiger partial charge in [0.2, 0.25) is 0 Å². The number of nitrogen functional groups attached to an aromatic ring is 1. The van der Waals surface area contributed by atoms with Gasteiger partial charge in [-0.3, -0.25) is 0 Å². The van der Waals surface area contributed by atoms with Crippen LogP contribution in [0, 0.1) is 0 Å². The molecule has 1 saturated carbocycles. The summed E-state index contributed by atoms with van der Waals surface area (Å²) in [4.78, 5) is 0. The molecule has 1 aromatic rings. The van der Waals surface area contributed by atoms with E-state index in [1.54, 1.807) is 0 Å². The van der Waals surface area contributed by atoms with Gasteiger partial charge in [0.1, 0.15) is 5.75 Å². The van der Waals surface area contributed by atoms with Crippen LogP contribution in [0.25, 0.3) is 0 Å². The first-order valence-electron chi connectivity index (χ1n) is 5.48. The molecule has 15 heavy (non-hydrogen) atoms. The molecular formula is C12H16BrNO. The van der Waals surface area contributed by atoms with E-state index < -0.39 is 0 Å². The minimum absolute atomic E-state index is 0.357. The zero-order chi connectivity index (χ0) is 10.7. The Kier molecular flexibility index (Phi) is 3.52. The summed E-state index contributed by atoms with van der Waals surface area (Å²) in [6.45, 7) is 0. The van der Waals surface area contributed by atoms with Gasteiger partial charge in [-0.05, 0) is 53.7 Å². The third kappa shape index (κ3) is 2.65. The zero-order valence-electron chi connectivity index (χ0n) is 8.71. The van der Waals surface area contributed by atoms with Crippen molar-refractivity contribution >= 4 is 21.6 Å². The maximum atomic E-state index is 5.93. The van der Waals surface area contributed by atoms with Crippen molar-refractivity contribution in [3.05, 3.63) is 22.7 Å². The summed E-state index contributed by atoms with van der Waals surface area (Å²) in [5, 5.41) is 0. The number of anilines is 1. The maximum absolute atomic E-state index is 5.93. The van der Waals surface area contributed by atoms with E-state index >= 15 is 0 Å². The Labute approximate surface area is 98.9 Å². The van der Waals surface area contributed by atoms with Gasteiger partial charge in [-0.15, -0.1) is 0 Å². The van der Waals surface area contributed by atoms with E-state index in [4.69, 9.17) is 10.5 Å². The van der Waals surface area contributed by atoms with Gasteiger partial charge in [-0.25, -0.2) is 0 Å². The molecule has 1 fully saturated rings. The minimum atomic E-state index is 0.357. The number of nitrogens with two attached hydrogens (primary N) is 1. The Bertz CT molecular complexity index is 334. The van der Waals surface area contributed by atoms with Gasteiger partial charge < -0.3 is 10.5 Å². The fourth-order valence-corrected chi connectivity index (χ4v) is 2.33. The number of benzene rings is 1. The molecule has 82 valence electrons. The van der Waals surface area contributed by atoms with Crippen molar-refractivity contribution in [3.63, 3.8) is 0 Å². The van der Waals surface area contributed by atoms with Crippen LogP contribution in [0.2, 0.25) is 0 Å². The van der Waals surface area contributed by atoms with Crippen molar-refractivity contribution in [2.75, 3.05) is 5.73 Å². The Hall–Kier alpha value is -0.700. The van der Waals surface area contributed by atoms with Gasteiger partial charge in [-0.2, -0.15) is 0 Å². The van der Waals surface area contributed by atoms with Crippen molar-refractivity contribution < 1.29 is 4.74 Å². The molecule has 3 heteroatoms. The lowest BCUT2D eigenvalue weighted by atomic mass is 9.98. The van der Waals surface area contributed by atoms with Crippen LogP contribution in [-0.4, -0.2) is 6.10 Å². The molecule has 2 nitrogen and oxygen atoms in total. The van der Waals surface area contributed by atoms with E-state index in [1.807, 2.05) is 18.2 Å². The molecule has 0 saturated heterocycles. The Morgan fingerprint density at radius 2 is 1.93 bits per heavy atom. The fraction of sp³-hybridized carbons (Fsp3) is 0.500. The molecule has 0 heterocycles. The number of halogens is 1. The predicted octanol–water partition coefficient (Wildman–Crippen LogP) is 3.74. The lowest BCUT2D eigenvalue weighted by molar-refractivity contribution is 0.156. The normalized spacial score (nSPS) is 17.7. The van der Waals surface area contributed by atoms with Gasteiger partial charge in [0.15, 0.2) is 0 Å². The summed E-state index contributed by atoms with van der Waals surface area (Å²) >= 11 is 3.41. The van der Waals surface area contributed by atoms with Crippen molar-refractivity contribution in [3.8, 4) is 5.75 Å². The molecule has 0 atom stereocenters. The molecule has 0 amide bonds. The lowest BCUT2D eigenvalue weighted by Gasteiger charge is -2.23. The van der Waals surface area contributed by atoms with Crippen molar-refractivity contribution in [2.24, 2.45) is 0 Å². The predicted molar refractivity (Wildman–Crippen MR) is 66.1 cm³/mol. The van der Waals surface area contributed by atoms with Gasteiger partial charge in [-0.1, -0.05) is 12.5 Å². The molecule has 1 aliphatic carbocycles. The quantitative estimate of drug-likeness (QED) is 0.831. The van der Waals surface area contributed by atoms with Gasteiger partial charge >= 0.3 is 0 Å². The van der Waals surface area contributed by atoms with Gasteiger partial charge in [0.05, 0.1) is 11.8 Å². The van der Waals surface area contributed by atoms with E-state index in [1.165, 1.54) is 19.3 Å². The summed E-state index contributed by atoms with van der Waals surface area (Å²) in [6.07, 6.45) is 6.57. The number of rotatable bonds is 2. The summed E-state index contributed by atoms with van der Waals surface area (Å²) in [5.41, 5.74) is 6.64. The van der Waals surface area contributed by atoms with Crippen molar-refractivity contribution in [2.45, 2.75) is 38.2 Å². The minimum Gasteiger partial charge on any atom is -0.488 e. The highest BCUT2D eigenvalue weighted by atomic mass is 79.9. The van der Waals surface area contributed by atoms with Gasteiger partial charge in [0.25, 0.3) is 0 Å². The topological polar surface area (TPSA) is 35.2 Å². The molecule has 0 spiro atoms. The first-order chi connectivity index (χ1) is 7.27.